The van der Waals surface area contributed by atoms with Gasteiger partial charge in [-0.25, -0.2) is 0 Å². The molecule has 42 nitrogen and oxygen atoms in total. The van der Waals surface area contributed by atoms with Gasteiger partial charge in [0.1, 0.15) is 65.4 Å². The van der Waals surface area contributed by atoms with E-state index in [1.54, 1.807) is 0 Å². The van der Waals surface area contributed by atoms with Crippen molar-refractivity contribution in [3.63, 3.8) is 0 Å². The van der Waals surface area contributed by atoms with Crippen LogP contribution < -0.4 is 57.3 Å². The minimum atomic E-state index is -5.17. The van der Waals surface area contributed by atoms with Gasteiger partial charge in [-0.15, -0.1) is 0 Å². The smallest absolute Gasteiger partial charge is 0.759 e. The molecule has 52 heteroatoms. The number of hydrogen-bond donors (Lipinski definition) is 10. The Balaban J connectivity index is -0.0000000296. The van der Waals surface area contributed by atoms with E-state index in [-0.39, 0.29) is 76.3 Å². The molecule has 400 valence electrons. The predicted octanol–water partition coefficient (Wildman–Crippen LogP) is -23.4. The molecule has 0 spiro atoms. The van der Waals surface area contributed by atoms with E-state index in [0.29, 0.717) is 0 Å². The van der Waals surface area contributed by atoms with Crippen molar-refractivity contribution in [3.8, 4) is 0 Å². The van der Waals surface area contributed by atoms with E-state index in [4.69, 9.17) is 140 Å². The van der Waals surface area contributed by atoms with Crippen molar-refractivity contribution < 1.29 is 274 Å². The maximum atomic E-state index is 8.52. The molecule has 0 amide bonds. The van der Waals surface area contributed by atoms with Crippen LogP contribution in [0.4, 0.5) is 0 Å². The second kappa shape index (κ2) is 66.4. The molecule has 2 radical (unpaired) electrons. The average molecular weight is 1400 g/mol. The zero-order valence-electron chi connectivity index (χ0n) is 31.1. The third kappa shape index (κ3) is 5920. The van der Waals surface area contributed by atoms with E-state index in [0.717, 1.165) is 65.4 Å². The quantitative estimate of drug-likeness (QED) is 0.0902. The summed E-state index contributed by atoms with van der Waals surface area (Å²) in [4.78, 5) is 0. The van der Waals surface area contributed by atoms with Gasteiger partial charge in [0.15, 0.2) is 0 Å². The van der Waals surface area contributed by atoms with Gasteiger partial charge >= 0.3 is 76.3 Å². The second-order valence-corrected chi connectivity index (χ2v) is 13.3. The van der Waals surface area contributed by atoms with Crippen molar-refractivity contribution in [2.24, 2.45) is 0 Å². The summed E-state index contributed by atoms with van der Waals surface area (Å²) in [6.07, 6.45) is 0. The van der Waals surface area contributed by atoms with Crippen LogP contribution in [0.25, 0.3) is 0 Å². The molecule has 0 aromatic heterocycles. The molecule has 0 aromatic carbocycles. The zero-order valence-corrected chi connectivity index (χ0v) is 41.7. The van der Waals surface area contributed by atoms with Gasteiger partial charge in [-0.05, 0) is 0 Å². The molecule has 0 saturated heterocycles. The van der Waals surface area contributed by atoms with Gasteiger partial charge in [0.2, 0.25) is 0 Å². The van der Waals surface area contributed by atoms with E-state index >= 15 is 0 Å². The normalized spacial score (nSPS) is 9.90. The fourth-order valence-electron chi connectivity index (χ4n) is 0. The largest absolute Gasteiger partial charge is 3.00 e. The van der Waals surface area contributed by atoms with Crippen LogP contribution in [0.3, 0.4) is 0 Å². The van der Waals surface area contributed by atoms with Gasteiger partial charge in [0.05, 0.1) is 0 Å². The van der Waals surface area contributed by atoms with Crippen LogP contribution in [0, 0.1) is 76.3 Å². The van der Waals surface area contributed by atoms with Crippen LogP contribution in [-0.2, 0) is 83.2 Å². The first-order valence-corrected chi connectivity index (χ1v) is 23.5. The molecular formula is C10H50Dy2N10O32S8. The van der Waals surface area contributed by atoms with E-state index in [9.17, 15) is 0 Å². The van der Waals surface area contributed by atoms with Crippen LogP contribution in [0.5, 0.6) is 0 Å². The summed E-state index contributed by atoms with van der Waals surface area (Å²) in [5.41, 5.74) is 35.4. The molecule has 0 rings (SSSR count). The third-order valence-corrected chi connectivity index (χ3v) is 1.25. The molecule has 0 atom stereocenters. The van der Waals surface area contributed by atoms with Crippen LogP contribution in [0.15, 0.2) is 0 Å². The molecule has 0 aliphatic heterocycles. The predicted molar refractivity (Wildman–Crippen MR) is 161 cm³/mol. The fraction of sp³-hybridized carbons (Fsp3) is 1.00. The molecule has 62 heavy (non-hydrogen) atoms. The van der Waals surface area contributed by atoms with Gasteiger partial charge in [0, 0.05) is 83.2 Å². The first-order valence-electron chi connectivity index (χ1n) is 12.8. The van der Waals surface area contributed by atoms with Crippen molar-refractivity contribution in [2.75, 3.05) is 65.4 Å². The Kier molecular flexibility index (Phi) is 113. The number of rotatable bonds is 5. The third-order valence-electron chi connectivity index (χ3n) is 1.25. The topological polar surface area (TPSA) is 918 Å². The first-order chi connectivity index (χ1) is 25.6. The summed E-state index contributed by atoms with van der Waals surface area (Å²) >= 11 is 0. The Morgan fingerprint density at radius 2 is 0.194 bits per heavy atom. The maximum absolute atomic E-state index is 8.52. The summed E-state index contributed by atoms with van der Waals surface area (Å²) in [5.74, 6) is 0. The van der Waals surface area contributed by atoms with Crippen molar-refractivity contribution in [2.45, 2.75) is 0 Å². The van der Waals surface area contributed by atoms with Crippen molar-refractivity contribution in [1.29, 1.82) is 0 Å². The summed E-state index contributed by atoms with van der Waals surface area (Å²) < 4.78 is 273. The molecule has 0 bridgehead atoms. The Hall–Kier alpha value is 1.11. The Morgan fingerprint density at radius 1 is 0.177 bits per heavy atom. The summed E-state index contributed by atoms with van der Waals surface area (Å²) in [6.45, 7) is 9.58. The standard InChI is InChI=1S/5C2H8N2.2Dy.8H2O4S/c5*3-1-2-4;;;8*1-5(2,3)4/h5*1-4H2;;;8*(H2,1,2,3,4)/q;;;;;2*+3;;;;;;;;/p-6. The first kappa shape index (κ1) is 105. The summed E-state index contributed by atoms with van der Waals surface area (Å²) in [7, 11) is -41.3. The van der Waals surface area contributed by atoms with Gasteiger partial charge in [0.25, 0.3) is 0 Å². The molecule has 0 aliphatic rings. The molecule has 30 N–H and O–H groups in total. The van der Waals surface area contributed by atoms with E-state index in [1.165, 1.54) is 0 Å². The van der Waals surface area contributed by atoms with Crippen LogP contribution >= 0.6 is 0 Å². The fourth-order valence-corrected chi connectivity index (χ4v) is 0. The monoisotopic (exact) mass is 1410 g/mol. The second-order valence-electron chi connectivity index (χ2n) is 6.80. The van der Waals surface area contributed by atoms with Crippen LogP contribution in [0.1, 0.15) is 0 Å². The minimum Gasteiger partial charge on any atom is -0.759 e. The summed E-state index contributed by atoms with van der Waals surface area (Å²) in [5, 5.41) is 0. The van der Waals surface area contributed by atoms with Crippen molar-refractivity contribution in [1.82, 2.24) is 0 Å². The average Bonchev–Trinajstić information content (AvgIpc) is 2.90. The number of hydrogen-bond acceptors (Lipinski definition) is 32. The molecule has 0 unspecified atom stereocenters. The molecule has 0 heterocycles. The summed E-state index contributed by atoms with van der Waals surface area (Å²) in [6, 6.07) is 0. The van der Waals surface area contributed by atoms with E-state index in [2.05, 4.69) is 57.3 Å². The molecule has 0 aliphatic carbocycles. The van der Waals surface area contributed by atoms with Crippen LogP contribution in [-0.4, -0.2) is 206 Å². The minimum absolute atomic E-state index is 0. The van der Waals surface area contributed by atoms with E-state index < -0.39 is 83.2 Å². The molecule has 0 fully saturated rings. The van der Waals surface area contributed by atoms with Crippen LogP contribution in [0.2, 0.25) is 0 Å². The van der Waals surface area contributed by atoms with Gasteiger partial charge in [-0.2, -0.15) is 0 Å². The van der Waals surface area contributed by atoms with E-state index in [1.807, 2.05) is 0 Å². The van der Waals surface area contributed by atoms with Gasteiger partial charge in [-0.3, -0.25) is 67.3 Å². The Labute approximate surface area is 418 Å². The van der Waals surface area contributed by atoms with Gasteiger partial charge in [-0.1, -0.05) is 0 Å². The van der Waals surface area contributed by atoms with Gasteiger partial charge < -0.3 is 130 Å². The Bertz CT molecular complexity index is 1280. The van der Waals surface area contributed by atoms with Crippen molar-refractivity contribution in [3.05, 3.63) is 0 Å². The number of quaternary nitrogens is 10. The molecule has 0 saturated carbocycles. The Morgan fingerprint density at radius 3 is 0.194 bits per heavy atom. The maximum Gasteiger partial charge on any atom is 3.00 e. The van der Waals surface area contributed by atoms with Crippen molar-refractivity contribution >= 4 is 83.2 Å². The SMILES string of the molecule is O=S(=O)([O-])[O-].O=S(=O)([O-])[O-].O=S(=O)([O-])[O-].O=S(=O)([O-])[O-].O=S(=O)([O-])[O-].O=S(=O)([O-])[O-].O=S(=O)([O-])[O-].O=S(=O)([O-])[O-].[Dy+3].[Dy+3].[NH3+]CC[NH3+].[NH3+]CC[NH3+].[NH3+]CC[NH3+].[NH3+]CC[NH3+].[NH3+]CC[NH3+]. The molecule has 0 aromatic rings. The molecular weight excluding hydrogens is 1350 g/mol. The zero-order chi connectivity index (χ0) is 53.1.